The van der Waals surface area contributed by atoms with Crippen molar-refractivity contribution in [1.82, 2.24) is 14.9 Å². The number of nitrogen functional groups attached to an aromatic ring is 1. The van der Waals surface area contributed by atoms with Crippen LogP contribution in [0.15, 0.2) is 52.1 Å². The van der Waals surface area contributed by atoms with Crippen LogP contribution in [0.5, 0.6) is 0 Å². The van der Waals surface area contributed by atoms with Crippen molar-refractivity contribution in [1.29, 1.82) is 0 Å². The number of anilines is 1. The second-order valence-corrected chi connectivity index (χ2v) is 8.39. The van der Waals surface area contributed by atoms with Gasteiger partial charge in [-0.1, -0.05) is 52.0 Å². The molecule has 0 aliphatic rings. The first-order valence-corrected chi connectivity index (χ1v) is 10.0. The van der Waals surface area contributed by atoms with Crippen molar-refractivity contribution in [3.63, 3.8) is 0 Å². The predicted octanol–water partition coefficient (Wildman–Crippen LogP) is 4.16. The Hall–Kier alpha value is -2.32. The van der Waals surface area contributed by atoms with Crippen molar-refractivity contribution < 1.29 is 4.79 Å². The molecule has 1 amide bonds. The van der Waals surface area contributed by atoms with Crippen molar-refractivity contribution in [3.05, 3.63) is 58.1 Å². The van der Waals surface area contributed by atoms with Gasteiger partial charge in [0.05, 0.1) is 5.25 Å². The van der Waals surface area contributed by atoms with Gasteiger partial charge >= 0.3 is 0 Å². The number of nitrogens with two attached hydrogens (primary N) is 1. The Morgan fingerprint density at radius 3 is 2.70 bits per heavy atom. The second kappa shape index (κ2) is 8.14. The number of nitrogens with one attached hydrogen (secondary N) is 1. The molecule has 8 heteroatoms. The highest BCUT2D eigenvalue weighted by Gasteiger charge is 2.21. The smallest absolute Gasteiger partial charge is 0.237 e. The predicted molar refractivity (Wildman–Crippen MR) is 113 cm³/mol. The van der Waals surface area contributed by atoms with E-state index in [1.807, 2.05) is 63.2 Å². The number of amides is 1. The molecule has 0 aliphatic carbocycles. The number of rotatable bonds is 5. The lowest BCUT2D eigenvalue weighted by atomic mass is 10.1. The minimum absolute atomic E-state index is 0.112. The molecular weight excluding hydrogens is 426 g/mol. The number of aryl methyl sites for hydroxylation is 2. The number of aromatic nitrogens is 3. The van der Waals surface area contributed by atoms with Crippen LogP contribution in [0, 0.1) is 13.8 Å². The standard InChI is InChI=1S/C19H20BrN5OS/c1-11-8-9-12(2)16(10-11)22-18(26)13(3)27-19-24-23-17(25(19)21)14-6-4-5-7-15(14)20/h4-10,13H,21H2,1-3H3,(H,22,26). The molecule has 1 unspecified atom stereocenters. The number of hydrogen-bond acceptors (Lipinski definition) is 5. The Labute approximate surface area is 170 Å². The molecule has 0 fully saturated rings. The van der Waals surface area contributed by atoms with E-state index in [1.54, 1.807) is 0 Å². The Morgan fingerprint density at radius 2 is 1.96 bits per heavy atom. The lowest BCUT2D eigenvalue weighted by molar-refractivity contribution is -0.115. The fourth-order valence-electron chi connectivity index (χ4n) is 2.50. The van der Waals surface area contributed by atoms with Crippen LogP contribution in [0.1, 0.15) is 18.1 Å². The Bertz CT molecular complexity index is 988. The van der Waals surface area contributed by atoms with Crippen LogP contribution in [0.3, 0.4) is 0 Å². The Balaban J connectivity index is 1.75. The SMILES string of the molecule is Cc1ccc(C)c(NC(=O)C(C)Sc2nnc(-c3ccccc3Br)n2N)c1. The summed E-state index contributed by atoms with van der Waals surface area (Å²) in [5.74, 6) is 6.59. The first-order valence-electron chi connectivity index (χ1n) is 8.37. The molecule has 3 aromatic rings. The summed E-state index contributed by atoms with van der Waals surface area (Å²) in [7, 11) is 0. The average Bonchev–Trinajstić information content (AvgIpc) is 2.99. The number of halogens is 1. The molecule has 0 radical (unpaired) electrons. The highest BCUT2D eigenvalue weighted by Crippen LogP contribution is 2.29. The van der Waals surface area contributed by atoms with Gasteiger partial charge in [0.25, 0.3) is 0 Å². The van der Waals surface area contributed by atoms with E-state index in [1.165, 1.54) is 16.4 Å². The summed E-state index contributed by atoms with van der Waals surface area (Å²) >= 11 is 4.76. The molecule has 0 saturated heterocycles. The summed E-state index contributed by atoms with van der Waals surface area (Å²) in [6, 6.07) is 13.6. The van der Waals surface area contributed by atoms with E-state index in [9.17, 15) is 4.79 Å². The molecule has 2 aromatic carbocycles. The second-order valence-electron chi connectivity index (χ2n) is 6.22. The molecule has 0 spiro atoms. The summed E-state index contributed by atoms with van der Waals surface area (Å²) < 4.78 is 2.29. The van der Waals surface area contributed by atoms with Gasteiger partial charge in [-0.05, 0) is 50.1 Å². The third kappa shape index (κ3) is 4.33. The number of nitrogens with zero attached hydrogens (tertiary/aromatic N) is 3. The molecule has 3 rings (SSSR count). The van der Waals surface area contributed by atoms with Crippen LogP contribution in [-0.4, -0.2) is 26.0 Å². The van der Waals surface area contributed by atoms with E-state index in [-0.39, 0.29) is 11.2 Å². The summed E-state index contributed by atoms with van der Waals surface area (Å²) in [6.45, 7) is 5.78. The van der Waals surface area contributed by atoms with Crippen molar-refractivity contribution in [2.24, 2.45) is 0 Å². The van der Waals surface area contributed by atoms with E-state index in [4.69, 9.17) is 5.84 Å². The number of thioether (sulfide) groups is 1. The van der Waals surface area contributed by atoms with Crippen LogP contribution >= 0.6 is 27.7 Å². The first kappa shape index (κ1) is 19.4. The minimum atomic E-state index is -0.386. The van der Waals surface area contributed by atoms with Gasteiger partial charge in [0.1, 0.15) is 0 Å². The van der Waals surface area contributed by atoms with Crippen molar-refractivity contribution >= 4 is 39.3 Å². The van der Waals surface area contributed by atoms with Crippen LogP contribution in [0.25, 0.3) is 11.4 Å². The monoisotopic (exact) mass is 445 g/mol. The quantitative estimate of drug-likeness (QED) is 0.454. The van der Waals surface area contributed by atoms with Crippen molar-refractivity contribution in [3.8, 4) is 11.4 Å². The molecule has 1 atom stereocenters. The Kier molecular flexibility index (Phi) is 5.86. The molecule has 0 saturated carbocycles. The van der Waals surface area contributed by atoms with Crippen molar-refractivity contribution in [2.75, 3.05) is 11.2 Å². The number of benzene rings is 2. The fraction of sp³-hybridized carbons (Fsp3) is 0.211. The summed E-state index contributed by atoms with van der Waals surface area (Å²) in [4.78, 5) is 12.6. The van der Waals surface area contributed by atoms with Gasteiger partial charge in [-0.25, -0.2) is 4.68 Å². The molecule has 1 heterocycles. The molecular formula is C19H20BrN5OS. The van der Waals surface area contributed by atoms with E-state index in [0.717, 1.165) is 26.9 Å². The number of hydrogen-bond donors (Lipinski definition) is 2. The van der Waals surface area contributed by atoms with Gasteiger partial charge in [0.2, 0.25) is 11.1 Å². The number of carbonyl (C=O) groups excluding carboxylic acids is 1. The van der Waals surface area contributed by atoms with E-state index in [0.29, 0.717) is 11.0 Å². The summed E-state index contributed by atoms with van der Waals surface area (Å²) in [5.41, 5.74) is 3.77. The third-order valence-electron chi connectivity index (χ3n) is 4.08. The average molecular weight is 446 g/mol. The van der Waals surface area contributed by atoms with Gasteiger partial charge in [0, 0.05) is 15.7 Å². The van der Waals surface area contributed by atoms with Gasteiger partial charge in [0.15, 0.2) is 5.82 Å². The number of carbonyl (C=O) groups is 1. The van der Waals surface area contributed by atoms with Gasteiger partial charge in [-0.2, -0.15) is 0 Å². The maximum atomic E-state index is 12.6. The van der Waals surface area contributed by atoms with Gasteiger partial charge in [-0.15, -0.1) is 10.2 Å². The fourth-order valence-corrected chi connectivity index (χ4v) is 3.73. The molecule has 0 bridgehead atoms. The van der Waals surface area contributed by atoms with Gasteiger partial charge < -0.3 is 11.2 Å². The van der Waals surface area contributed by atoms with Gasteiger partial charge in [-0.3, -0.25) is 4.79 Å². The largest absolute Gasteiger partial charge is 0.335 e. The van der Waals surface area contributed by atoms with Crippen LogP contribution < -0.4 is 11.2 Å². The zero-order chi connectivity index (χ0) is 19.6. The third-order valence-corrected chi connectivity index (χ3v) is 5.83. The molecule has 3 N–H and O–H groups in total. The topological polar surface area (TPSA) is 85.8 Å². The van der Waals surface area contributed by atoms with Crippen LogP contribution in [0.2, 0.25) is 0 Å². The first-order chi connectivity index (χ1) is 12.9. The van der Waals surface area contributed by atoms with E-state index >= 15 is 0 Å². The van der Waals surface area contributed by atoms with E-state index < -0.39 is 0 Å². The minimum Gasteiger partial charge on any atom is -0.335 e. The zero-order valence-electron chi connectivity index (χ0n) is 15.2. The normalized spacial score (nSPS) is 12.0. The maximum absolute atomic E-state index is 12.6. The van der Waals surface area contributed by atoms with Crippen LogP contribution in [-0.2, 0) is 4.79 Å². The van der Waals surface area contributed by atoms with E-state index in [2.05, 4.69) is 31.4 Å². The lowest BCUT2D eigenvalue weighted by Gasteiger charge is -2.13. The lowest BCUT2D eigenvalue weighted by Crippen LogP contribution is -2.24. The zero-order valence-corrected chi connectivity index (χ0v) is 17.6. The summed E-state index contributed by atoms with van der Waals surface area (Å²) in [6.07, 6.45) is 0. The van der Waals surface area contributed by atoms with Crippen LogP contribution in [0.4, 0.5) is 5.69 Å². The highest BCUT2D eigenvalue weighted by molar-refractivity contribution is 9.10. The molecule has 27 heavy (non-hydrogen) atoms. The maximum Gasteiger partial charge on any atom is 0.237 e. The Morgan fingerprint density at radius 1 is 1.22 bits per heavy atom. The highest BCUT2D eigenvalue weighted by atomic mass is 79.9. The molecule has 1 aromatic heterocycles. The molecule has 140 valence electrons. The summed E-state index contributed by atoms with van der Waals surface area (Å²) in [5, 5.41) is 11.4. The van der Waals surface area contributed by atoms with Crippen molar-refractivity contribution in [2.45, 2.75) is 31.2 Å². The molecule has 6 nitrogen and oxygen atoms in total. The molecule has 0 aliphatic heterocycles.